The molecule has 0 spiro atoms. The van der Waals surface area contributed by atoms with Crippen LogP contribution in [0.5, 0.6) is 11.6 Å². The Bertz CT molecular complexity index is 1020. The summed E-state index contributed by atoms with van der Waals surface area (Å²) in [6, 6.07) is 16.0. The van der Waals surface area contributed by atoms with Crippen molar-refractivity contribution in [2.24, 2.45) is 0 Å². The summed E-state index contributed by atoms with van der Waals surface area (Å²) >= 11 is 0. The largest absolute Gasteiger partial charge is 0.490 e. The van der Waals surface area contributed by atoms with E-state index in [4.69, 9.17) is 14.2 Å². The number of pyridine rings is 1. The first-order chi connectivity index (χ1) is 14.5. The predicted molar refractivity (Wildman–Crippen MR) is 117 cm³/mol. The molecule has 2 aromatic carbocycles. The van der Waals surface area contributed by atoms with Gasteiger partial charge in [0, 0.05) is 44.6 Å². The van der Waals surface area contributed by atoms with Crippen molar-refractivity contribution in [3.05, 3.63) is 54.7 Å². The lowest BCUT2D eigenvalue weighted by atomic mass is 9.96. The number of likely N-dealkylation sites (tertiary alicyclic amines) is 1. The molecule has 2 heterocycles. The molecule has 1 saturated heterocycles. The fourth-order valence-electron chi connectivity index (χ4n) is 4.04. The highest BCUT2D eigenvalue weighted by Crippen LogP contribution is 2.38. The maximum Gasteiger partial charge on any atom is 0.213 e. The van der Waals surface area contributed by atoms with Crippen molar-refractivity contribution in [3.8, 4) is 22.8 Å². The highest BCUT2D eigenvalue weighted by Gasteiger charge is 2.39. The number of aromatic nitrogens is 1. The van der Waals surface area contributed by atoms with Gasteiger partial charge >= 0.3 is 0 Å². The van der Waals surface area contributed by atoms with E-state index in [1.54, 1.807) is 20.4 Å². The number of methoxy groups -OCH3 is 2. The summed E-state index contributed by atoms with van der Waals surface area (Å²) in [4.78, 5) is 6.39. The van der Waals surface area contributed by atoms with Crippen LogP contribution < -0.4 is 9.47 Å². The van der Waals surface area contributed by atoms with E-state index in [9.17, 15) is 5.11 Å². The lowest BCUT2D eigenvalue weighted by Gasteiger charge is -2.47. The van der Waals surface area contributed by atoms with Crippen LogP contribution in [0.2, 0.25) is 0 Å². The Labute approximate surface area is 177 Å². The van der Waals surface area contributed by atoms with Crippen LogP contribution in [0.1, 0.15) is 6.92 Å². The zero-order valence-electron chi connectivity index (χ0n) is 17.7. The lowest BCUT2D eigenvalue weighted by Crippen LogP contribution is -2.62. The molecule has 1 unspecified atom stereocenters. The molecule has 1 fully saturated rings. The second kappa shape index (κ2) is 8.60. The van der Waals surface area contributed by atoms with Gasteiger partial charge in [-0.15, -0.1) is 0 Å². The van der Waals surface area contributed by atoms with Gasteiger partial charge < -0.3 is 19.3 Å². The first kappa shape index (κ1) is 20.6. The summed E-state index contributed by atoms with van der Waals surface area (Å²) < 4.78 is 16.9. The quantitative estimate of drug-likeness (QED) is 0.617. The molecule has 0 amide bonds. The van der Waals surface area contributed by atoms with E-state index >= 15 is 0 Å². The molecule has 1 N–H and O–H groups in total. The van der Waals surface area contributed by atoms with Crippen LogP contribution in [0, 0.1) is 0 Å². The Kier molecular flexibility index (Phi) is 5.90. The monoisotopic (exact) mass is 408 g/mol. The summed E-state index contributed by atoms with van der Waals surface area (Å²) in [6.07, 6.45) is 1.14. The molecular formula is C24H28N2O4. The fraction of sp³-hybridized carbons (Fsp3) is 0.375. The highest BCUT2D eigenvalue weighted by atomic mass is 16.5. The van der Waals surface area contributed by atoms with Gasteiger partial charge in [0.15, 0.2) is 0 Å². The van der Waals surface area contributed by atoms with E-state index in [0.717, 1.165) is 40.7 Å². The summed E-state index contributed by atoms with van der Waals surface area (Å²) in [6.45, 7) is 4.49. The molecule has 3 aromatic rings. The van der Waals surface area contributed by atoms with Crippen molar-refractivity contribution in [1.82, 2.24) is 9.88 Å². The van der Waals surface area contributed by atoms with Gasteiger partial charge in [-0.25, -0.2) is 4.98 Å². The standard InChI is InChI=1S/C24H28N2O4/c1-24(29-3)15-26(16-24)13-19(27)14-30-21-9-8-17-6-4-5-7-20(17)23(21)18-10-11-25-22(12-18)28-2/h4-12,19,27H,13-16H2,1-3H3. The molecule has 0 radical (unpaired) electrons. The number of hydrogen-bond donors (Lipinski definition) is 1. The Balaban J connectivity index is 1.55. The fourth-order valence-corrected chi connectivity index (χ4v) is 4.04. The summed E-state index contributed by atoms with van der Waals surface area (Å²) in [5.41, 5.74) is 1.82. The van der Waals surface area contributed by atoms with Crippen molar-refractivity contribution in [2.75, 3.05) is 40.5 Å². The third-order valence-electron chi connectivity index (χ3n) is 5.63. The van der Waals surface area contributed by atoms with Crippen molar-refractivity contribution in [2.45, 2.75) is 18.6 Å². The Morgan fingerprint density at radius 3 is 2.70 bits per heavy atom. The van der Waals surface area contributed by atoms with Crippen LogP contribution in [-0.4, -0.2) is 67.2 Å². The van der Waals surface area contributed by atoms with Gasteiger partial charge in [-0.3, -0.25) is 4.90 Å². The average Bonchev–Trinajstić information content (AvgIpc) is 2.76. The lowest BCUT2D eigenvalue weighted by molar-refractivity contribution is -0.121. The van der Waals surface area contributed by atoms with Crippen LogP contribution in [0.3, 0.4) is 0 Å². The minimum absolute atomic E-state index is 0.105. The summed E-state index contributed by atoms with van der Waals surface area (Å²) in [7, 11) is 3.33. The number of rotatable bonds is 8. The average molecular weight is 408 g/mol. The van der Waals surface area contributed by atoms with Gasteiger partial charge in [0.25, 0.3) is 0 Å². The maximum atomic E-state index is 10.5. The summed E-state index contributed by atoms with van der Waals surface area (Å²) in [5, 5.41) is 12.7. The number of ether oxygens (including phenoxy) is 3. The van der Waals surface area contributed by atoms with Crippen LogP contribution in [-0.2, 0) is 4.74 Å². The molecule has 158 valence electrons. The van der Waals surface area contributed by atoms with Gasteiger partial charge in [0.1, 0.15) is 18.5 Å². The molecule has 0 bridgehead atoms. The Hall–Kier alpha value is -2.67. The van der Waals surface area contributed by atoms with Crippen molar-refractivity contribution >= 4 is 10.8 Å². The van der Waals surface area contributed by atoms with Crippen molar-refractivity contribution in [1.29, 1.82) is 0 Å². The molecule has 1 aromatic heterocycles. The van der Waals surface area contributed by atoms with Crippen LogP contribution in [0.15, 0.2) is 54.7 Å². The first-order valence-electron chi connectivity index (χ1n) is 10.1. The van der Waals surface area contributed by atoms with Crippen LogP contribution >= 0.6 is 0 Å². The van der Waals surface area contributed by atoms with Gasteiger partial charge in [0.05, 0.1) is 12.7 Å². The number of aliphatic hydroxyl groups excluding tert-OH is 1. The Morgan fingerprint density at radius 1 is 1.13 bits per heavy atom. The molecule has 30 heavy (non-hydrogen) atoms. The van der Waals surface area contributed by atoms with Crippen molar-refractivity contribution in [3.63, 3.8) is 0 Å². The molecular weight excluding hydrogens is 380 g/mol. The van der Waals surface area contributed by atoms with E-state index in [0.29, 0.717) is 12.4 Å². The van der Waals surface area contributed by atoms with E-state index in [-0.39, 0.29) is 12.2 Å². The number of benzene rings is 2. The molecule has 4 rings (SSSR count). The smallest absolute Gasteiger partial charge is 0.213 e. The zero-order chi connectivity index (χ0) is 21.1. The first-order valence-corrected chi connectivity index (χ1v) is 10.1. The molecule has 1 aliphatic heterocycles. The van der Waals surface area contributed by atoms with E-state index < -0.39 is 6.10 Å². The van der Waals surface area contributed by atoms with Crippen LogP contribution in [0.25, 0.3) is 21.9 Å². The zero-order valence-corrected chi connectivity index (χ0v) is 17.7. The minimum Gasteiger partial charge on any atom is -0.490 e. The topological polar surface area (TPSA) is 64.0 Å². The van der Waals surface area contributed by atoms with Gasteiger partial charge in [-0.2, -0.15) is 0 Å². The number of aliphatic hydroxyl groups is 1. The number of β-amino-alcohol motifs (C(OH)–C–C–N with tert-alkyl or cyclic N) is 1. The van der Waals surface area contributed by atoms with E-state index in [1.165, 1.54) is 0 Å². The normalized spacial score (nSPS) is 16.8. The third-order valence-corrected chi connectivity index (χ3v) is 5.63. The van der Waals surface area contributed by atoms with E-state index in [1.807, 2.05) is 36.4 Å². The van der Waals surface area contributed by atoms with Gasteiger partial charge in [-0.1, -0.05) is 30.3 Å². The summed E-state index contributed by atoms with van der Waals surface area (Å²) in [5.74, 6) is 1.27. The molecule has 1 atom stereocenters. The second-order valence-electron chi connectivity index (χ2n) is 8.04. The molecule has 6 nitrogen and oxygen atoms in total. The maximum absolute atomic E-state index is 10.5. The van der Waals surface area contributed by atoms with Crippen molar-refractivity contribution < 1.29 is 19.3 Å². The number of fused-ring (bicyclic) bond motifs is 1. The minimum atomic E-state index is -0.585. The predicted octanol–water partition coefficient (Wildman–Crippen LogP) is 3.37. The highest BCUT2D eigenvalue weighted by molar-refractivity contribution is 5.99. The number of hydrogen-bond acceptors (Lipinski definition) is 6. The SMILES string of the molecule is COc1cc(-c2c(OCC(O)CN3CC(C)(OC)C3)ccc3ccccc23)ccn1. The van der Waals surface area contributed by atoms with Gasteiger partial charge in [0.2, 0.25) is 5.88 Å². The molecule has 0 saturated carbocycles. The number of nitrogens with zero attached hydrogens (tertiary/aromatic N) is 2. The molecule has 1 aliphatic rings. The second-order valence-corrected chi connectivity index (χ2v) is 8.04. The van der Waals surface area contributed by atoms with Gasteiger partial charge in [-0.05, 0) is 35.4 Å². The van der Waals surface area contributed by atoms with E-state index in [2.05, 4.69) is 28.9 Å². The third kappa shape index (κ3) is 4.26. The molecule has 0 aliphatic carbocycles. The Morgan fingerprint density at radius 2 is 1.93 bits per heavy atom. The molecule has 6 heteroatoms. The van der Waals surface area contributed by atoms with Crippen LogP contribution in [0.4, 0.5) is 0 Å².